The van der Waals surface area contributed by atoms with Crippen LogP contribution in [0.2, 0.25) is 0 Å². The number of benzene rings is 2. The summed E-state index contributed by atoms with van der Waals surface area (Å²) in [7, 11) is -3.57. The maximum atomic E-state index is 13.5. The van der Waals surface area contributed by atoms with Gasteiger partial charge in [-0.15, -0.1) is 11.3 Å². The Morgan fingerprint density at radius 2 is 1.82 bits per heavy atom. The van der Waals surface area contributed by atoms with Gasteiger partial charge in [0.2, 0.25) is 15.9 Å². The van der Waals surface area contributed by atoms with E-state index in [0.29, 0.717) is 29.2 Å². The number of aromatic nitrogens is 1. The Balaban J connectivity index is 1.33. The predicted molar refractivity (Wildman–Crippen MR) is 125 cm³/mol. The molecular formula is C23H21F2N3O3S2. The lowest BCUT2D eigenvalue weighted by Gasteiger charge is -2.29. The molecule has 6 nitrogen and oxygen atoms in total. The van der Waals surface area contributed by atoms with Crippen LogP contribution in [0, 0.1) is 17.6 Å². The van der Waals surface area contributed by atoms with Gasteiger partial charge in [-0.1, -0.05) is 30.3 Å². The van der Waals surface area contributed by atoms with E-state index in [9.17, 15) is 22.0 Å². The first-order chi connectivity index (χ1) is 15.8. The summed E-state index contributed by atoms with van der Waals surface area (Å²) in [5.74, 6) is -2.49. The van der Waals surface area contributed by atoms with Crippen molar-refractivity contribution in [3.63, 3.8) is 0 Å². The van der Waals surface area contributed by atoms with Crippen LogP contribution in [-0.4, -0.2) is 36.7 Å². The molecular weight excluding hydrogens is 468 g/mol. The average Bonchev–Trinajstić information content (AvgIpc) is 3.29. The number of amides is 1. The Hall–Kier alpha value is -2.95. The highest BCUT2D eigenvalue weighted by Gasteiger charge is 2.30. The van der Waals surface area contributed by atoms with Crippen molar-refractivity contribution in [2.45, 2.75) is 12.8 Å². The zero-order chi connectivity index (χ0) is 23.4. The summed E-state index contributed by atoms with van der Waals surface area (Å²) in [6.07, 6.45) is 2.35. The van der Waals surface area contributed by atoms with Crippen molar-refractivity contribution < 1.29 is 22.0 Å². The molecule has 0 radical (unpaired) electrons. The quantitative estimate of drug-likeness (QED) is 0.543. The molecule has 1 saturated heterocycles. The number of hydrogen-bond acceptors (Lipinski definition) is 5. The van der Waals surface area contributed by atoms with Crippen molar-refractivity contribution >= 4 is 38.5 Å². The Morgan fingerprint density at radius 1 is 1.09 bits per heavy atom. The Kier molecular flexibility index (Phi) is 6.96. The van der Waals surface area contributed by atoms with Gasteiger partial charge in [0.25, 0.3) is 0 Å². The summed E-state index contributed by atoms with van der Waals surface area (Å²) in [5, 5.41) is 5.94. The number of anilines is 1. The van der Waals surface area contributed by atoms with E-state index in [-0.39, 0.29) is 24.9 Å². The minimum Gasteiger partial charge on any atom is -0.302 e. The molecule has 1 aromatic heterocycles. The first-order valence-electron chi connectivity index (χ1n) is 10.3. The first-order valence-corrected chi connectivity index (χ1v) is 12.7. The van der Waals surface area contributed by atoms with Crippen molar-refractivity contribution in [1.82, 2.24) is 9.29 Å². The van der Waals surface area contributed by atoms with Crippen LogP contribution in [0.4, 0.5) is 13.9 Å². The van der Waals surface area contributed by atoms with Gasteiger partial charge in [0.1, 0.15) is 0 Å². The summed E-state index contributed by atoms with van der Waals surface area (Å²) in [6, 6.07) is 12.7. The fourth-order valence-electron chi connectivity index (χ4n) is 3.51. The zero-order valence-electron chi connectivity index (χ0n) is 17.4. The van der Waals surface area contributed by atoms with Gasteiger partial charge in [-0.05, 0) is 42.7 Å². The number of nitrogens with one attached hydrogen (secondary N) is 1. The number of carbonyl (C=O) groups excluding carboxylic acids is 1. The van der Waals surface area contributed by atoms with Gasteiger partial charge in [-0.2, -0.15) is 4.31 Å². The molecule has 4 rings (SSSR count). The second kappa shape index (κ2) is 9.90. The van der Waals surface area contributed by atoms with Crippen LogP contribution in [0.5, 0.6) is 0 Å². The number of sulfonamides is 1. The van der Waals surface area contributed by atoms with Gasteiger partial charge >= 0.3 is 0 Å². The number of thiazole rings is 1. The van der Waals surface area contributed by atoms with E-state index < -0.39 is 21.7 Å². The lowest BCUT2D eigenvalue weighted by atomic mass is 9.97. The lowest BCUT2D eigenvalue weighted by Crippen LogP contribution is -2.40. The van der Waals surface area contributed by atoms with Crippen LogP contribution in [0.3, 0.4) is 0 Å². The van der Waals surface area contributed by atoms with E-state index in [1.165, 1.54) is 27.1 Å². The molecule has 1 aliphatic heterocycles. The van der Waals surface area contributed by atoms with Crippen LogP contribution in [0.25, 0.3) is 17.3 Å². The third-order valence-corrected chi connectivity index (χ3v) is 7.69. The molecule has 33 heavy (non-hydrogen) atoms. The van der Waals surface area contributed by atoms with Gasteiger partial charge in [-0.25, -0.2) is 22.2 Å². The fourth-order valence-corrected chi connectivity index (χ4v) is 5.46. The van der Waals surface area contributed by atoms with Crippen molar-refractivity contribution in [3.8, 4) is 11.3 Å². The second-order valence-corrected chi connectivity index (χ2v) is 10.3. The van der Waals surface area contributed by atoms with Crippen LogP contribution in [0.15, 0.2) is 59.3 Å². The van der Waals surface area contributed by atoms with E-state index >= 15 is 0 Å². The second-order valence-electron chi connectivity index (χ2n) is 7.59. The molecule has 3 aromatic rings. The zero-order valence-corrected chi connectivity index (χ0v) is 19.1. The molecule has 1 aliphatic rings. The molecule has 0 aliphatic carbocycles. The molecule has 2 heterocycles. The maximum absolute atomic E-state index is 13.5. The molecule has 0 unspecified atom stereocenters. The highest BCUT2D eigenvalue weighted by atomic mass is 32.2. The topological polar surface area (TPSA) is 79.4 Å². The van der Waals surface area contributed by atoms with Crippen LogP contribution >= 0.6 is 11.3 Å². The smallest absolute Gasteiger partial charge is 0.236 e. The summed E-state index contributed by atoms with van der Waals surface area (Å²) in [4.78, 5) is 16.9. The number of hydrogen-bond donors (Lipinski definition) is 1. The van der Waals surface area contributed by atoms with E-state index in [2.05, 4.69) is 10.3 Å². The Bertz CT molecular complexity index is 1270. The normalized spacial score (nSPS) is 15.7. The standard InChI is InChI=1S/C23H21F2N3O3S2/c24-19-7-6-18(14-20(19)25)21-15-32-23(26-21)27-22(29)17-8-11-28(12-9-17)33(30,31)13-10-16-4-2-1-3-5-16/h1-7,10,13-15,17H,8-9,11-12H2,(H,26,27,29)/b13-10+. The Morgan fingerprint density at radius 3 is 2.52 bits per heavy atom. The molecule has 1 amide bonds. The van der Waals surface area contributed by atoms with Gasteiger partial charge < -0.3 is 5.32 Å². The van der Waals surface area contributed by atoms with Gasteiger partial charge in [-0.3, -0.25) is 4.79 Å². The summed E-state index contributed by atoms with van der Waals surface area (Å²) in [5.41, 5.74) is 1.63. The van der Waals surface area contributed by atoms with Crippen molar-refractivity contribution in [1.29, 1.82) is 0 Å². The third-order valence-electron chi connectivity index (χ3n) is 5.37. The summed E-state index contributed by atoms with van der Waals surface area (Å²) < 4.78 is 53.1. The molecule has 0 saturated carbocycles. The van der Waals surface area contributed by atoms with Crippen molar-refractivity contribution in [2.75, 3.05) is 18.4 Å². The molecule has 2 aromatic carbocycles. The van der Waals surface area contributed by atoms with Crippen LogP contribution in [0.1, 0.15) is 18.4 Å². The molecule has 10 heteroatoms. The van der Waals surface area contributed by atoms with E-state index in [0.717, 1.165) is 17.7 Å². The predicted octanol–water partition coefficient (Wildman–Crippen LogP) is 4.74. The highest BCUT2D eigenvalue weighted by molar-refractivity contribution is 7.92. The number of nitrogens with zero attached hydrogens (tertiary/aromatic N) is 2. The monoisotopic (exact) mass is 489 g/mol. The summed E-state index contributed by atoms with van der Waals surface area (Å²) in [6.45, 7) is 0.495. The third kappa shape index (κ3) is 5.70. The number of halogens is 2. The van der Waals surface area contributed by atoms with Crippen LogP contribution < -0.4 is 5.32 Å². The van der Waals surface area contributed by atoms with Gasteiger partial charge in [0.05, 0.1) is 5.69 Å². The minimum absolute atomic E-state index is 0.238. The fraction of sp³-hybridized carbons (Fsp3) is 0.217. The van der Waals surface area contributed by atoms with Gasteiger partial charge in [0.15, 0.2) is 16.8 Å². The van der Waals surface area contributed by atoms with Crippen molar-refractivity contribution in [2.24, 2.45) is 5.92 Å². The SMILES string of the molecule is O=C(Nc1nc(-c2ccc(F)c(F)c2)cs1)C1CCN(S(=O)(=O)/C=C/c2ccccc2)CC1. The minimum atomic E-state index is -3.57. The lowest BCUT2D eigenvalue weighted by molar-refractivity contribution is -0.120. The molecule has 1 N–H and O–H groups in total. The average molecular weight is 490 g/mol. The molecule has 0 bridgehead atoms. The first kappa shape index (κ1) is 23.2. The molecule has 172 valence electrons. The highest BCUT2D eigenvalue weighted by Crippen LogP contribution is 2.28. The van der Waals surface area contributed by atoms with Gasteiger partial charge in [0, 0.05) is 35.4 Å². The number of rotatable bonds is 6. The van der Waals surface area contributed by atoms with E-state index in [1.54, 1.807) is 11.5 Å². The maximum Gasteiger partial charge on any atom is 0.236 e. The van der Waals surface area contributed by atoms with E-state index in [4.69, 9.17) is 0 Å². The molecule has 1 fully saturated rings. The largest absolute Gasteiger partial charge is 0.302 e. The Labute approximate surface area is 194 Å². The molecule has 0 atom stereocenters. The van der Waals surface area contributed by atoms with Crippen LogP contribution in [-0.2, 0) is 14.8 Å². The van der Waals surface area contributed by atoms with E-state index in [1.807, 2.05) is 30.3 Å². The number of carbonyl (C=O) groups is 1. The number of piperidine rings is 1. The van der Waals surface area contributed by atoms with Crippen molar-refractivity contribution in [3.05, 3.63) is 76.5 Å². The molecule has 0 spiro atoms. The summed E-state index contributed by atoms with van der Waals surface area (Å²) >= 11 is 1.18.